The molecule has 1 N–H and O–H groups in total. The van der Waals surface area contributed by atoms with E-state index in [1.165, 1.54) is 5.56 Å². The second-order valence-corrected chi connectivity index (χ2v) is 4.01. The number of nitrogens with one attached hydrogen (secondary N) is 1. The molecule has 2 rings (SSSR count). The van der Waals surface area contributed by atoms with Crippen molar-refractivity contribution in [2.45, 2.75) is 12.3 Å². The van der Waals surface area contributed by atoms with Crippen molar-refractivity contribution in [2.24, 2.45) is 0 Å². The highest BCUT2D eigenvalue weighted by atomic mass is 35.5. The van der Waals surface area contributed by atoms with Crippen molar-refractivity contribution in [3.63, 3.8) is 0 Å². The summed E-state index contributed by atoms with van der Waals surface area (Å²) in [5.74, 6) is 0.540. The lowest BCUT2D eigenvalue weighted by Crippen LogP contribution is -2.08. The minimum atomic E-state index is 0. The average Bonchev–Trinajstić information content (AvgIpc) is 2.53. The zero-order valence-corrected chi connectivity index (χ0v) is 9.79. The number of halogens is 3. The van der Waals surface area contributed by atoms with Gasteiger partial charge in [-0.1, -0.05) is 23.2 Å². The van der Waals surface area contributed by atoms with Crippen LogP contribution in [0.15, 0.2) is 12.1 Å². The average molecular weight is 254 g/mol. The van der Waals surface area contributed by atoms with Gasteiger partial charge in [0, 0.05) is 6.54 Å². The fourth-order valence-corrected chi connectivity index (χ4v) is 2.14. The van der Waals surface area contributed by atoms with Gasteiger partial charge in [0.05, 0.1) is 0 Å². The molecule has 0 aliphatic carbocycles. The second-order valence-electron chi connectivity index (χ2n) is 3.24. The number of hydrogen-bond donors (Lipinski definition) is 1. The summed E-state index contributed by atoms with van der Waals surface area (Å²) in [6.45, 7) is 2.08. The topological polar surface area (TPSA) is 24.9 Å². The normalized spacial score (nSPS) is 20.6. The maximum Gasteiger partial charge on any atom is 0.131 e. The van der Waals surface area contributed by atoms with Gasteiger partial charge < -0.3 is 5.32 Å². The number of nitrogens with zero attached hydrogens (tertiary/aromatic N) is 1. The third-order valence-corrected chi connectivity index (χ3v) is 2.70. The van der Waals surface area contributed by atoms with Crippen LogP contribution < -0.4 is 5.32 Å². The molecule has 2 nitrogen and oxygen atoms in total. The Kier molecular flexibility index (Phi) is 4.45. The lowest BCUT2D eigenvalue weighted by atomic mass is 10.00. The van der Waals surface area contributed by atoms with Crippen LogP contribution in [0.3, 0.4) is 0 Å². The molecule has 1 saturated heterocycles. The van der Waals surface area contributed by atoms with Crippen molar-refractivity contribution >= 4 is 35.6 Å². The van der Waals surface area contributed by atoms with Crippen LogP contribution >= 0.6 is 35.6 Å². The minimum absolute atomic E-state index is 0. The molecular weight excluding hydrogens is 242 g/mol. The van der Waals surface area contributed by atoms with E-state index in [0.29, 0.717) is 16.2 Å². The van der Waals surface area contributed by atoms with Gasteiger partial charge in [-0.3, -0.25) is 0 Å². The second kappa shape index (κ2) is 5.17. The van der Waals surface area contributed by atoms with E-state index >= 15 is 0 Å². The Labute approximate surface area is 99.4 Å². The van der Waals surface area contributed by atoms with Gasteiger partial charge in [0.25, 0.3) is 0 Å². The predicted molar refractivity (Wildman–Crippen MR) is 61.7 cm³/mol. The molecule has 2 heterocycles. The fraction of sp³-hybridized carbons (Fsp3) is 0.444. The molecular formula is C9H11Cl3N2. The van der Waals surface area contributed by atoms with Gasteiger partial charge in [0.2, 0.25) is 0 Å². The highest BCUT2D eigenvalue weighted by Crippen LogP contribution is 2.26. The van der Waals surface area contributed by atoms with Crippen molar-refractivity contribution in [3.05, 3.63) is 28.0 Å². The van der Waals surface area contributed by atoms with Crippen LogP contribution in [0.5, 0.6) is 0 Å². The summed E-state index contributed by atoms with van der Waals surface area (Å²) in [6, 6.07) is 3.79. The van der Waals surface area contributed by atoms with Crippen LogP contribution in [-0.2, 0) is 0 Å². The first-order valence-electron chi connectivity index (χ1n) is 4.29. The van der Waals surface area contributed by atoms with Crippen molar-refractivity contribution in [1.29, 1.82) is 0 Å². The first-order valence-corrected chi connectivity index (χ1v) is 5.05. The maximum absolute atomic E-state index is 5.81. The van der Waals surface area contributed by atoms with Gasteiger partial charge in [-0.25, -0.2) is 4.98 Å². The van der Waals surface area contributed by atoms with Gasteiger partial charge in [0.15, 0.2) is 0 Å². The third-order valence-electron chi connectivity index (χ3n) is 2.32. The Morgan fingerprint density at radius 1 is 1.29 bits per heavy atom. The van der Waals surface area contributed by atoms with E-state index in [4.69, 9.17) is 23.2 Å². The molecule has 0 spiro atoms. The van der Waals surface area contributed by atoms with Gasteiger partial charge in [0.1, 0.15) is 10.3 Å². The summed E-state index contributed by atoms with van der Waals surface area (Å²) < 4.78 is 0. The lowest BCUT2D eigenvalue weighted by Gasteiger charge is -2.08. The lowest BCUT2D eigenvalue weighted by molar-refractivity contribution is 0.762. The van der Waals surface area contributed by atoms with Crippen molar-refractivity contribution in [3.8, 4) is 0 Å². The summed E-state index contributed by atoms with van der Waals surface area (Å²) in [7, 11) is 0. The molecule has 1 aliphatic rings. The molecule has 1 aromatic rings. The summed E-state index contributed by atoms with van der Waals surface area (Å²) in [6.07, 6.45) is 1.15. The largest absolute Gasteiger partial charge is 0.316 e. The first kappa shape index (κ1) is 12.1. The van der Waals surface area contributed by atoms with Crippen molar-refractivity contribution in [2.75, 3.05) is 13.1 Å². The monoisotopic (exact) mass is 252 g/mol. The number of aromatic nitrogens is 1. The smallest absolute Gasteiger partial charge is 0.131 e. The molecule has 1 aromatic heterocycles. The van der Waals surface area contributed by atoms with Gasteiger partial charge in [-0.05, 0) is 36.6 Å². The van der Waals surface area contributed by atoms with Crippen LogP contribution in [0.4, 0.5) is 0 Å². The Bertz CT molecular complexity index is 291. The van der Waals surface area contributed by atoms with E-state index in [0.717, 1.165) is 19.5 Å². The fourth-order valence-electron chi connectivity index (χ4n) is 1.66. The third kappa shape index (κ3) is 2.74. The van der Waals surface area contributed by atoms with Crippen LogP contribution in [0.1, 0.15) is 17.9 Å². The predicted octanol–water partition coefficient (Wildman–Crippen LogP) is 2.89. The first-order chi connectivity index (χ1) is 6.25. The molecule has 0 amide bonds. The molecule has 0 bridgehead atoms. The zero-order valence-electron chi connectivity index (χ0n) is 7.46. The Morgan fingerprint density at radius 2 is 1.93 bits per heavy atom. The number of hydrogen-bond acceptors (Lipinski definition) is 2. The summed E-state index contributed by atoms with van der Waals surface area (Å²) in [5.41, 5.74) is 1.19. The van der Waals surface area contributed by atoms with E-state index in [2.05, 4.69) is 10.3 Å². The Morgan fingerprint density at radius 3 is 2.43 bits per heavy atom. The summed E-state index contributed by atoms with van der Waals surface area (Å²) in [4.78, 5) is 3.92. The Balaban J connectivity index is 0.000000980. The van der Waals surface area contributed by atoms with E-state index in [-0.39, 0.29) is 12.4 Å². The Hall–Kier alpha value is -0.0200. The molecule has 1 unspecified atom stereocenters. The van der Waals surface area contributed by atoms with Crippen LogP contribution in [-0.4, -0.2) is 18.1 Å². The molecule has 5 heteroatoms. The molecule has 1 fully saturated rings. The number of pyridine rings is 1. The van der Waals surface area contributed by atoms with Crippen molar-refractivity contribution < 1.29 is 0 Å². The standard InChI is InChI=1S/C9H10Cl2N2.ClH/c10-8-3-7(4-9(11)13-8)6-1-2-12-5-6;/h3-4,6,12H,1-2,5H2;1H. The molecule has 1 aliphatic heterocycles. The molecule has 14 heavy (non-hydrogen) atoms. The minimum Gasteiger partial charge on any atom is -0.316 e. The summed E-state index contributed by atoms with van der Waals surface area (Å²) in [5, 5.41) is 4.27. The van der Waals surface area contributed by atoms with Gasteiger partial charge in [-0.15, -0.1) is 12.4 Å². The highest BCUT2D eigenvalue weighted by molar-refractivity contribution is 6.32. The van der Waals surface area contributed by atoms with Crippen LogP contribution in [0.25, 0.3) is 0 Å². The molecule has 1 atom stereocenters. The molecule has 78 valence electrons. The highest BCUT2D eigenvalue weighted by Gasteiger charge is 2.17. The van der Waals surface area contributed by atoms with E-state index in [9.17, 15) is 0 Å². The quantitative estimate of drug-likeness (QED) is 0.779. The van der Waals surface area contributed by atoms with E-state index in [1.807, 2.05) is 12.1 Å². The molecule has 0 radical (unpaired) electrons. The summed E-state index contributed by atoms with van der Waals surface area (Å²) >= 11 is 11.6. The number of rotatable bonds is 1. The van der Waals surface area contributed by atoms with Gasteiger partial charge >= 0.3 is 0 Å². The SMILES string of the molecule is Cl.Clc1cc(C2CCNC2)cc(Cl)n1. The van der Waals surface area contributed by atoms with Crippen LogP contribution in [0.2, 0.25) is 10.3 Å². The molecule has 0 saturated carbocycles. The maximum atomic E-state index is 5.81. The molecule has 0 aromatic carbocycles. The van der Waals surface area contributed by atoms with E-state index < -0.39 is 0 Å². The zero-order chi connectivity index (χ0) is 9.26. The van der Waals surface area contributed by atoms with Crippen molar-refractivity contribution in [1.82, 2.24) is 10.3 Å². The van der Waals surface area contributed by atoms with Gasteiger partial charge in [-0.2, -0.15) is 0 Å². The van der Waals surface area contributed by atoms with Crippen LogP contribution in [0, 0.1) is 0 Å². The van der Waals surface area contributed by atoms with E-state index in [1.54, 1.807) is 0 Å².